The van der Waals surface area contributed by atoms with Gasteiger partial charge in [0.2, 0.25) is 0 Å². The van der Waals surface area contributed by atoms with Crippen LogP contribution in [0.3, 0.4) is 0 Å². The van der Waals surface area contributed by atoms with Crippen molar-refractivity contribution in [1.82, 2.24) is 0 Å². The van der Waals surface area contributed by atoms with Crippen LogP contribution in [0.25, 0.3) is 11.1 Å². The van der Waals surface area contributed by atoms with Crippen LogP contribution in [-0.4, -0.2) is 11.1 Å². The maximum atomic E-state index is 11.0. The number of hydrogen-bond acceptors (Lipinski definition) is 2. The van der Waals surface area contributed by atoms with E-state index in [2.05, 4.69) is 0 Å². The number of hydrogen-bond donors (Lipinski definition) is 1. The van der Waals surface area contributed by atoms with Crippen LogP contribution in [0.1, 0.15) is 15.9 Å². The minimum atomic E-state index is -1.07. The van der Waals surface area contributed by atoms with Gasteiger partial charge >= 0.3 is 5.97 Å². The van der Waals surface area contributed by atoms with Gasteiger partial charge in [-0.1, -0.05) is 29.8 Å². The summed E-state index contributed by atoms with van der Waals surface area (Å²) in [6.07, 6.45) is 0. The van der Waals surface area contributed by atoms with Crippen molar-refractivity contribution in [3.63, 3.8) is 0 Å². The number of carboxylic acids is 1. The fraction of sp³-hybridized carbons (Fsp3) is 0. The van der Waals surface area contributed by atoms with E-state index in [4.69, 9.17) is 22.0 Å². The molecule has 0 aliphatic heterocycles. The van der Waals surface area contributed by atoms with E-state index in [1.807, 2.05) is 12.1 Å². The SMILES string of the molecule is N#Cc1cccc(-c2ccc(Cl)c(C(=O)O)c2)c1. The normalized spacial score (nSPS) is 9.78. The maximum absolute atomic E-state index is 11.0. The van der Waals surface area contributed by atoms with Gasteiger partial charge in [0.1, 0.15) is 0 Å². The molecule has 1 N–H and O–H groups in total. The summed E-state index contributed by atoms with van der Waals surface area (Å²) in [5.74, 6) is -1.07. The summed E-state index contributed by atoms with van der Waals surface area (Å²) < 4.78 is 0. The molecule has 0 unspecified atom stereocenters. The number of rotatable bonds is 2. The average Bonchev–Trinajstić information content (AvgIpc) is 2.39. The molecule has 0 heterocycles. The van der Waals surface area contributed by atoms with Crippen LogP contribution < -0.4 is 0 Å². The second-order valence-corrected chi connectivity index (χ2v) is 4.10. The molecule has 0 saturated carbocycles. The molecular weight excluding hydrogens is 250 g/mol. The molecular formula is C14H8ClNO2. The van der Waals surface area contributed by atoms with Gasteiger partial charge in [-0.15, -0.1) is 0 Å². The monoisotopic (exact) mass is 257 g/mol. The van der Waals surface area contributed by atoms with Crippen LogP contribution in [0.2, 0.25) is 5.02 Å². The Balaban J connectivity index is 2.54. The summed E-state index contributed by atoms with van der Waals surface area (Å²) in [4.78, 5) is 11.0. The van der Waals surface area contributed by atoms with Gasteiger partial charge in [-0.2, -0.15) is 5.26 Å². The first-order chi connectivity index (χ1) is 8.61. The predicted octanol–water partition coefficient (Wildman–Crippen LogP) is 3.58. The molecule has 4 heteroatoms. The van der Waals surface area contributed by atoms with Crippen LogP contribution >= 0.6 is 11.6 Å². The first kappa shape index (κ1) is 12.2. The molecule has 0 fully saturated rings. The van der Waals surface area contributed by atoms with Gasteiger partial charge in [0.15, 0.2) is 0 Å². The largest absolute Gasteiger partial charge is 0.478 e. The first-order valence-electron chi connectivity index (χ1n) is 5.15. The molecule has 0 saturated heterocycles. The van der Waals surface area contributed by atoms with Crippen LogP contribution in [0, 0.1) is 11.3 Å². The Labute approximate surface area is 109 Å². The molecule has 2 aromatic rings. The molecule has 0 amide bonds. The first-order valence-corrected chi connectivity index (χ1v) is 5.53. The molecule has 2 aromatic carbocycles. The van der Waals surface area contributed by atoms with Crippen molar-refractivity contribution in [2.45, 2.75) is 0 Å². The van der Waals surface area contributed by atoms with Crippen LogP contribution in [-0.2, 0) is 0 Å². The molecule has 0 aliphatic carbocycles. The molecule has 2 rings (SSSR count). The van der Waals surface area contributed by atoms with E-state index < -0.39 is 5.97 Å². The quantitative estimate of drug-likeness (QED) is 0.894. The third kappa shape index (κ3) is 2.34. The molecule has 0 atom stereocenters. The van der Waals surface area contributed by atoms with E-state index >= 15 is 0 Å². The number of nitriles is 1. The Hall–Kier alpha value is -2.31. The van der Waals surface area contributed by atoms with E-state index in [1.165, 1.54) is 6.07 Å². The van der Waals surface area contributed by atoms with E-state index in [9.17, 15) is 4.79 Å². The van der Waals surface area contributed by atoms with Gasteiger partial charge in [-0.25, -0.2) is 4.79 Å². The molecule has 18 heavy (non-hydrogen) atoms. The lowest BCUT2D eigenvalue weighted by atomic mass is 10.0. The Morgan fingerprint density at radius 1 is 1.17 bits per heavy atom. The Bertz CT molecular complexity index is 659. The van der Waals surface area contributed by atoms with E-state index in [1.54, 1.807) is 30.3 Å². The third-order valence-corrected chi connectivity index (χ3v) is 2.85. The highest BCUT2D eigenvalue weighted by atomic mass is 35.5. The smallest absolute Gasteiger partial charge is 0.337 e. The minimum absolute atomic E-state index is 0.0523. The van der Waals surface area contributed by atoms with E-state index in [-0.39, 0.29) is 10.6 Å². The van der Waals surface area contributed by atoms with E-state index in [0.717, 1.165) is 5.56 Å². The zero-order valence-corrected chi connectivity index (χ0v) is 9.98. The lowest BCUT2D eigenvalue weighted by molar-refractivity contribution is 0.0697. The molecule has 0 bridgehead atoms. The highest BCUT2D eigenvalue weighted by Crippen LogP contribution is 2.25. The minimum Gasteiger partial charge on any atom is -0.478 e. The van der Waals surface area contributed by atoms with Gasteiger partial charge in [0.25, 0.3) is 0 Å². The second-order valence-electron chi connectivity index (χ2n) is 3.69. The highest BCUT2D eigenvalue weighted by molar-refractivity contribution is 6.33. The van der Waals surface area contributed by atoms with Gasteiger partial charge in [0.05, 0.1) is 22.2 Å². The van der Waals surface area contributed by atoms with Gasteiger partial charge in [-0.05, 0) is 35.4 Å². The van der Waals surface area contributed by atoms with Crippen molar-refractivity contribution in [2.75, 3.05) is 0 Å². The maximum Gasteiger partial charge on any atom is 0.337 e. The molecule has 0 radical (unpaired) electrons. The van der Waals surface area contributed by atoms with Gasteiger partial charge < -0.3 is 5.11 Å². The summed E-state index contributed by atoms with van der Waals surface area (Å²) in [6.45, 7) is 0. The standard InChI is InChI=1S/C14H8ClNO2/c15-13-5-4-11(7-12(13)14(17)18)10-3-1-2-9(6-10)8-16/h1-7H,(H,17,18). The number of halogens is 1. The number of aromatic carboxylic acids is 1. The van der Waals surface area contributed by atoms with Crippen molar-refractivity contribution in [2.24, 2.45) is 0 Å². The molecule has 0 spiro atoms. The summed E-state index contributed by atoms with van der Waals surface area (Å²) in [5, 5.41) is 18.0. The van der Waals surface area contributed by atoms with Gasteiger partial charge in [0, 0.05) is 0 Å². The number of carboxylic acid groups (broad SMARTS) is 1. The summed E-state index contributed by atoms with van der Waals surface area (Å²) in [7, 11) is 0. The van der Waals surface area contributed by atoms with Gasteiger partial charge in [-0.3, -0.25) is 0 Å². The summed E-state index contributed by atoms with van der Waals surface area (Å²) >= 11 is 5.80. The molecule has 3 nitrogen and oxygen atoms in total. The van der Waals surface area contributed by atoms with Crippen molar-refractivity contribution < 1.29 is 9.90 Å². The molecule has 0 aromatic heterocycles. The van der Waals surface area contributed by atoms with Crippen molar-refractivity contribution >= 4 is 17.6 Å². The molecule has 88 valence electrons. The number of benzene rings is 2. The van der Waals surface area contributed by atoms with Crippen molar-refractivity contribution in [1.29, 1.82) is 5.26 Å². The van der Waals surface area contributed by atoms with Crippen molar-refractivity contribution in [3.8, 4) is 17.2 Å². The summed E-state index contributed by atoms with van der Waals surface area (Å²) in [6, 6.07) is 13.8. The fourth-order valence-corrected chi connectivity index (χ4v) is 1.84. The van der Waals surface area contributed by atoms with Crippen LogP contribution in [0.15, 0.2) is 42.5 Å². The lowest BCUT2D eigenvalue weighted by Crippen LogP contribution is -1.97. The average molecular weight is 258 g/mol. The number of nitrogens with zero attached hydrogens (tertiary/aromatic N) is 1. The Morgan fingerprint density at radius 3 is 2.56 bits per heavy atom. The summed E-state index contributed by atoms with van der Waals surface area (Å²) in [5.41, 5.74) is 2.08. The van der Waals surface area contributed by atoms with Crippen LogP contribution in [0.5, 0.6) is 0 Å². The Kier molecular flexibility index (Phi) is 3.31. The highest BCUT2D eigenvalue weighted by Gasteiger charge is 2.10. The van der Waals surface area contributed by atoms with Crippen LogP contribution in [0.4, 0.5) is 0 Å². The lowest BCUT2D eigenvalue weighted by Gasteiger charge is -2.05. The second kappa shape index (κ2) is 4.91. The third-order valence-electron chi connectivity index (χ3n) is 2.52. The molecule has 0 aliphatic rings. The van der Waals surface area contributed by atoms with Crippen molar-refractivity contribution in [3.05, 3.63) is 58.6 Å². The zero-order valence-electron chi connectivity index (χ0n) is 9.22. The Morgan fingerprint density at radius 2 is 1.89 bits per heavy atom. The van der Waals surface area contributed by atoms with E-state index in [0.29, 0.717) is 11.1 Å². The number of carbonyl (C=O) groups is 1. The predicted molar refractivity (Wildman–Crippen MR) is 68.6 cm³/mol. The zero-order chi connectivity index (χ0) is 13.1. The fourth-order valence-electron chi connectivity index (χ4n) is 1.64. The topological polar surface area (TPSA) is 61.1 Å².